The number of carbonyl (C=O) groups is 1. The SMILES string of the molecule is Cl.O=C(c1ccccc1)N1CCNCC1CCCN1c2ccccc2Sc2ccc(SC(F)(F)F)cc21. The lowest BCUT2D eigenvalue weighted by Crippen LogP contribution is -2.53. The minimum atomic E-state index is -4.33. The van der Waals surface area contributed by atoms with E-state index in [1.165, 1.54) is 6.07 Å². The highest BCUT2D eigenvalue weighted by atomic mass is 35.5. The number of carbonyl (C=O) groups excluding carboxylic acids is 1. The fourth-order valence-corrected chi connectivity index (χ4v) is 6.41. The molecular weight excluding hydrogens is 539 g/mol. The number of halogens is 4. The Balaban J connectivity index is 0.00000320. The number of thioether (sulfide) groups is 1. The maximum Gasteiger partial charge on any atom is 0.446 e. The van der Waals surface area contributed by atoms with Gasteiger partial charge < -0.3 is 15.1 Å². The third-order valence-electron chi connectivity index (χ3n) is 6.38. The van der Waals surface area contributed by atoms with E-state index in [1.54, 1.807) is 23.9 Å². The monoisotopic (exact) mass is 565 g/mol. The molecular formula is C27H27ClF3N3OS2. The average molecular weight is 566 g/mol. The Morgan fingerprint density at radius 3 is 2.51 bits per heavy atom. The molecule has 1 N–H and O–H groups in total. The van der Waals surface area contributed by atoms with Crippen LogP contribution in [0.3, 0.4) is 0 Å². The fraction of sp³-hybridized carbons (Fsp3) is 0.296. The largest absolute Gasteiger partial charge is 0.446 e. The topological polar surface area (TPSA) is 35.6 Å². The van der Waals surface area contributed by atoms with Crippen molar-refractivity contribution >= 4 is 53.2 Å². The van der Waals surface area contributed by atoms with Gasteiger partial charge >= 0.3 is 5.51 Å². The molecule has 1 unspecified atom stereocenters. The molecule has 3 aromatic rings. The standard InChI is InChI=1S/C27H26F3N3OS2.ClH/c28-27(29,30)36-21-12-13-25-23(17-21)33(22-10-4-5-11-24(22)35-25)15-6-9-20-18-31-14-16-32(20)26(34)19-7-2-1-3-8-19;/h1-5,7-8,10-13,17,20,31H,6,9,14-16,18H2;1H. The molecule has 5 rings (SSSR count). The van der Waals surface area contributed by atoms with Crippen LogP contribution in [0.1, 0.15) is 23.2 Å². The molecule has 4 nitrogen and oxygen atoms in total. The summed E-state index contributed by atoms with van der Waals surface area (Å²) in [4.78, 5) is 19.4. The first kappa shape index (κ1) is 27.7. The Bertz CT molecular complexity index is 1230. The maximum absolute atomic E-state index is 13.1. The third-order valence-corrected chi connectivity index (χ3v) is 8.23. The molecule has 0 bridgehead atoms. The predicted molar refractivity (Wildman–Crippen MR) is 147 cm³/mol. The number of para-hydroxylation sites is 1. The summed E-state index contributed by atoms with van der Waals surface area (Å²) >= 11 is 1.50. The molecule has 1 saturated heterocycles. The molecule has 3 aromatic carbocycles. The molecule has 196 valence electrons. The molecule has 0 aromatic heterocycles. The third kappa shape index (κ3) is 6.57. The van der Waals surface area contributed by atoms with E-state index in [0.29, 0.717) is 18.7 Å². The van der Waals surface area contributed by atoms with Gasteiger partial charge in [-0.25, -0.2) is 0 Å². The van der Waals surface area contributed by atoms with Gasteiger partial charge in [0.25, 0.3) is 5.91 Å². The van der Waals surface area contributed by atoms with Crippen LogP contribution in [0, 0.1) is 0 Å². The molecule has 0 spiro atoms. The zero-order chi connectivity index (χ0) is 25.1. The lowest BCUT2D eigenvalue weighted by molar-refractivity contribution is -0.0328. The zero-order valence-electron chi connectivity index (χ0n) is 19.9. The van der Waals surface area contributed by atoms with Gasteiger partial charge in [0, 0.05) is 52.5 Å². The summed E-state index contributed by atoms with van der Waals surface area (Å²) in [6, 6.07) is 22.3. The lowest BCUT2D eigenvalue weighted by atomic mass is 10.0. The van der Waals surface area contributed by atoms with E-state index in [1.807, 2.05) is 59.5 Å². The normalized spacial score (nSPS) is 17.0. The van der Waals surface area contributed by atoms with E-state index in [9.17, 15) is 18.0 Å². The van der Waals surface area contributed by atoms with E-state index < -0.39 is 5.51 Å². The molecule has 10 heteroatoms. The number of piperazine rings is 1. The molecule has 0 aliphatic carbocycles. The van der Waals surface area contributed by atoms with Crippen LogP contribution in [0.4, 0.5) is 24.5 Å². The Morgan fingerprint density at radius 2 is 1.73 bits per heavy atom. The molecule has 0 saturated carbocycles. The molecule has 1 fully saturated rings. The van der Waals surface area contributed by atoms with E-state index in [-0.39, 0.29) is 41.0 Å². The van der Waals surface area contributed by atoms with Gasteiger partial charge in [0.2, 0.25) is 0 Å². The second-order valence-electron chi connectivity index (χ2n) is 8.76. The van der Waals surface area contributed by atoms with Crippen molar-refractivity contribution < 1.29 is 18.0 Å². The first-order chi connectivity index (χ1) is 17.4. The quantitative estimate of drug-likeness (QED) is 0.319. The summed E-state index contributed by atoms with van der Waals surface area (Å²) in [7, 11) is 0. The van der Waals surface area contributed by atoms with Crippen LogP contribution in [0.25, 0.3) is 0 Å². The smallest absolute Gasteiger partial charge is 0.340 e. The number of benzene rings is 3. The molecule has 1 amide bonds. The summed E-state index contributed by atoms with van der Waals surface area (Å²) in [6.07, 6.45) is 1.59. The fourth-order valence-electron chi connectivity index (χ4n) is 4.76. The van der Waals surface area contributed by atoms with Crippen molar-refractivity contribution in [2.75, 3.05) is 31.1 Å². The van der Waals surface area contributed by atoms with Gasteiger partial charge in [-0.1, -0.05) is 42.1 Å². The molecule has 1 atom stereocenters. The van der Waals surface area contributed by atoms with Crippen LogP contribution in [0.2, 0.25) is 0 Å². The van der Waals surface area contributed by atoms with E-state index in [4.69, 9.17) is 0 Å². The number of rotatable bonds is 6. The van der Waals surface area contributed by atoms with E-state index >= 15 is 0 Å². The van der Waals surface area contributed by atoms with Gasteiger partial charge in [-0.3, -0.25) is 4.79 Å². The Morgan fingerprint density at radius 1 is 1.00 bits per heavy atom. The molecule has 2 aliphatic heterocycles. The van der Waals surface area contributed by atoms with Crippen LogP contribution >= 0.6 is 35.9 Å². The van der Waals surface area contributed by atoms with Gasteiger partial charge in [0.05, 0.1) is 11.4 Å². The van der Waals surface area contributed by atoms with Crippen LogP contribution in [0.5, 0.6) is 0 Å². The van der Waals surface area contributed by atoms with E-state index in [2.05, 4.69) is 10.2 Å². The van der Waals surface area contributed by atoms with Crippen LogP contribution in [-0.4, -0.2) is 48.5 Å². The first-order valence-corrected chi connectivity index (χ1v) is 13.5. The Labute approximate surface area is 229 Å². The highest BCUT2D eigenvalue weighted by Gasteiger charge is 2.31. The first-order valence-electron chi connectivity index (χ1n) is 11.9. The van der Waals surface area contributed by atoms with Crippen molar-refractivity contribution in [3.8, 4) is 0 Å². The minimum Gasteiger partial charge on any atom is -0.340 e. The number of fused-ring (bicyclic) bond motifs is 2. The average Bonchev–Trinajstić information content (AvgIpc) is 2.88. The van der Waals surface area contributed by atoms with Crippen molar-refractivity contribution in [2.45, 2.75) is 39.1 Å². The number of hydrogen-bond donors (Lipinski definition) is 1. The van der Waals surface area contributed by atoms with Crippen molar-refractivity contribution in [1.82, 2.24) is 10.2 Å². The number of amides is 1. The highest BCUT2D eigenvalue weighted by Crippen LogP contribution is 2.50. The summed E-state index contributed by atoms with van der Waals surface area (Å²) < 4.78 is 39.1. The molecule has 37 heavy (non-hydrogen) atoms. The van der Waals surface area contributed by atoms with Crippen molar-refractivity contribution in [1.29, 1.82) is 0 Å². The number of nitrogens with one attached hydrogen (secondary N) is 1. The van der Waals surface area contributed by atoms with Crippen LogP contribution in [-0.2, 0) is 0 Å². The number of hydrogen-bond acceptors (Lipinski definition) is 5. The highest BCUT2D eigenvalue weighted by molar-refractivity contribution is 8.00. The summed E-state index contributed by atoms with van der Waals surface area (Å²) in [5.41, 5.74) is -1.84. The number of nitrogens with zero attached hydrogens (tertiary/aromatic N) is 2. The van der Waals surface area contributed by atoms with Crippen LogP contribution in [0.15, 0.2) is 87.5 Å². The second-order valence-corrected chi connectivity index (χ2v) is 11.0. The molecule has 0 radical (unpaired) electrons. The van der Waals surface area contributed by atoms with Gasteiger partial charge in [-0.05, 0) is 67.1 Å². The van der Waals surface area contributed by atoms with Crippen molar-refractivity contribution in [3.63, 3.8) is 0 Å². The van der Waals surface area contributed by atoms with Crippen LogP contribution < -0.4 is 10.2 Å². The van der Waals surface area contributed by atoms with Gasteiger partial charge in [0.1, 0.15) is 0 Å². The van der Waals surface area contributed by atoms with Gasteiger partial charge in [-0.15, -0.1) is 12.4 Å². The minimum absolute atomic E-state index is 0. The Kier molecular flexibility index (Phi) is 9.00. The number of anilines is 2. The summed E-state index contributed by atoms with van der Waals surface area (Å²) in [6.45, 7) is 2.80. The molecule has 2 heterocycles. The zero-order valence-corrected chi connectivity index (χ0v) is 22.4. The van der Waals surface area contributed by atoms with Gasteiger partial charge in [-0.2, -0.15) is 13.2 Å². The lowest BCUT2D eigenvalue weighted by Gasteiger charge is -2.37. The summed E-state index contributed by atoms with van der Waals surface area (Å²) in [5.74, 6) is 0.0426. The summed E-state index contributed by atoms with van der Waals surface area (Å²) in [5, 5.41) is 3.40. The van der Waals surface area contributed by atoms with Crippen molar-refractivity contribution in [3.05, 3.63) is 78.4 Å². The maximum atomic E-state index is 13.1. The van der Waals surface area contributed by atoms with Crippen molar-refractivity contribution in [2.24, 2.45) is 0 Å². The van der Waals surface area contributed by atoms with E-state index in [0.717, 1.165) is 47.1 Å². The number of alkyl halides is 3. The Hall–Kier alpha value is -2.33. The van der Waals surface area contributed by atoms with Gasteiger partial charge in [0.15, 0.2) is 0 Å². The molecule has 2 aliphatic rings. The second kappa shape index (κ2) is 12.0. The predicted octanol–water partition coefficient (Wildman–Crippen LogP) is 7.22.